The van der Waals surface area contributed by atoms with Gasteiger partial charge in [-0.05, 0) is 34.1 Å². The third kappa shape index (κ3) is 1.27. The summed E-state index contributed by atoms with van der Waals surface area (Å²) in [4.78, 5) is 13.8. The lowest BCUT2D eigenvalue weighted by Crippen LogP contribution is -2.04. The van der Waals surface area contributed by atoms with Crippen molar-refractivity contribution in [3.8, 4) is 0 Å². The van der Waals surface area contributed by atoms with Gasteiger partial charge in [0.1, 0.15) is 5.82 Å². The third-order valence-electron chi connectivity index (χ3n) is 1.84. The number of hydrogen-bond donors (Lipinski definition) is 1. The molecule has 0 bridgehead atoms. The maximum Gasteiger partial charge on any atom is 0.255 e. The second-order valence-corrected chi connectivity index (χ2v) is 3.42. The third-order valence-corrected chi connectivity index (χ3v) is 2.65. The van der Waals surface area contributed by atoms with Gasteiger partial charge in [-0.1, -0.05) is 0 Å². The maximum absolute atomic E-state index is 13.0. The number of nitrogens with one attached hydrogen (secondary N) is 1. The Morgan fingerprint density at radius 1 is 1.23 bits per heavy atom. The van der Waals surface area contributed by atoms with Gasteiger partial charge in [-0.3, -0.25) is 4.79 Å². The monoisotopic (exact) mass is 241 g/mol. The van der Waals surface area contributed by atoms with Gasteiger partial charge in [-0.25, -0.2) is 4.39 Å². The molecule has 66 valence electrons. The van der Waals surface area contributed by atoms with Crippen molar-refractivity contribution < 1.29 is 4.39 Å². The van der Waals surface area contributed by atoms with Crippen LogP contribution in [0.4, 0.5) is 4.39 Å². The highest BCUT2D eigenvalue weighted by molar-refractivity contribution is 9.10. The number of rotatable bonds is 0. The first-order valence-electron chi connectivity index (χ1n) is 3.65. The Bertz CT molecular complexity index is 520. The zero-order chi connectivity index (χ0) is 9.42. The molecule has 0 amide bonds. The van der Waals surface area contributed by atoms with Gasteiger partial charge in [0.15, 0.2) is 0 Å². The van der Waals surface area contributed by atoms with Crippen molar-refractivity contribution in [3.63, 3.8) is 0 Å². The highest BCUT2D eigenvalue weighted by Crippen LogP contribution is 2.23. The van der Waals surface area contributed by atoms with Crippen LogP contribution in [0.2, 0.25) is 0 Å². The van der Waals surface area contributed by atoms with Crippen LogP contribution in [0.5, 0.6) is 0 Å². The van der Waals surface area contributed by atoms with Crippen LogP contribution in [0.25, 0.3) is 10.8 Å². The zero-order valence-electron chi connectivity index (χ0n) is 6.47. The molecule has 0 spiro atoms. The molecule has 1 aromatic carbocycles. The van der Waals surface area contributed by atoms with E-state index in [4.69, 9.17) is 0 Å². The van der Waals surface area contributed by atoms with E-state index in [1.165, 1.54) is 18.3 Å². The minimum atomic E-state index is -0.363. The quantitative estimate of drug-likeness (QED) is 0.756. The summed E-state index contributed by atoms with van der Waals surface area (Å²) in [6, 6.07) is 4.39. The van der Waals surface area contributed by atoms with Gasteiger partial charge in [-0.15, -0.1) is 0 Å². The van der Waals surface area contributed by atoms with E-state index in [9.17, 15) is 9.18 Å². The molecule has 2 nitrogen and oxygen atoms in total. The molecule has 0 aliphatic rings. The molecule has 0 unspecified atom stereocenters. The van der Waals surface area contributed by atoms with Crippen molar-refractivity contribution in [2.75, 3.05) is 0 Å². The summed E-state index contributed by atoms with van der Waals surface area (Å²) in [6.07, 6.45) is 1.49. The van der Waals surface area contributed by atoms with Crippen LogP contribution in [-0.4, -0.2) is 4.98 Å². The minimum absolute atomic E-state index is 0.210. The molecule has 0 atom stereocenters. The summed E-state index contributed by atoms with van der Waals surface area (Å²) in [5.41, 5.74) is -0.210. The Kier molecular flexibility index (Phi) is 1.92. The average molecular weight is 242 g/mol. The summed E-state index contributed by atoms with van der Waals surface area (Å²) in [5.74, 6) is -0.363. The number of aromatic amines is 1. The Morgan fingerprint density at radius 3 is 2.77 bits per heavy atom. The van der Waals surface area contributed by atoms with Crippen LogP contribution >= 0.6 is 15.9 Å². The van der Waals surface area contributed by atoms with Gasteiger partial charge in [0.25, 0.3) is 5.56 Å². The lowest BCUT2D eigenvalue weighted by atomic mass is 10.2. The van der Waals surface area contributed by atoms with Crippen LogP contribution in [0.1, 0.15) is 0 Å². The van der Waals surface area contributed by atoms with E-state index in [1.54, 1.807) is 6.07 Å². The van der Waals surface area contributed by atoms with E-state index in [0.29, 0.717) is 15.2 Å². The van der Waals surface area contributed by atoms with Crippen molar-refractivity contribution in [3.05, 3.63) is 45.0 Å². The highest BCUT2D eigenvalue weighted by atomic mass is 79.9. The van der Waals surface area contributed by atoms with Crippen molar-refractivity contribution in [1.29, 1.82) is 0 Å². The van der Waals surface area contributed by atoms with Crippen LogP contribution < -0.4 is 5.56 Å². The maximum atomic E-state index is 13.0. The molecule has 0 aliphatic heterocycles. The van der Waals surface area contributed by atoms with Gasteiger partial charge in [0, 0.05) is 17.0 Å². The molecule has 13 heavy (non-hydrogen) atoms. The number of hydrogen-bond acceptors (Lipinski definition) is 1. The molecule has 0 saturated heterocycles. The standard InChI is InChI=1S/C9H5BrFNO/c10-8-5-3-4-12-9(13)6(5)1-2-7(8)11/h1-4H,(H,12,13). The molecule has 0 radical (unpaired) electrons. The number of aromatic nitrogens is 1. The lowest BCUT2D eigenvalue weighted by Gasteiger charge is -1.99. The van der Waals surface area contributed by atoms with E-state index >= 15 is 0 Å². The van der Waals surface area contributed by atoms with Crippen molar-refractivity contribution in [1.82, 2.24) is 4.98 Å². The first kappa shape index (κ1) is 8.44. The first-order valence-corrected chi connectivity index (χ1v) is 4.45. The first-order chi connectivity index (χ1) is 6.20. The zero-order valence-corrected chi connectivity index (χ0v) is 8.06. The smallest absolute Gasteiger partial charge is 0.255 e. The van der Waals surface area contributed by atoms with E-state index < -0.39 is 0 Å². The van der Waals surface area contributed by atoms with Crippen molar-refractivity contribution in [2.45, 2.75) is 0 Å². The number of pyridine rings is 1. The molecule has 0 aliphatic carbocycles. The van der Waals surface area contributed by atoms with E-state index in [2.05, 4.69) is 20.9 Å². The molecule has 2 aromatic rings. The molecular formula is C9H5BrFNO. The summed E-state index contributed by atoms with van der Waals surface area (Å²) in [6.45, 7) is 0. The van der Waals surface area contributed by atoms with Crippen molar-refractivity contribution >= 4 is 26.7 Å². The van der Waals surface area contributed by atoms with Gasteiger partial charge < -0.3 is 4.98 Å². The summed E-state index contributed by atoms with van der Waals surface area (Å²) >= 11 is 3.09. The van der Waals surface area contributed by atoms with Crippen LogP contribution in [-0.2, 0) is 0 Å². The second kappa shape index (κ2) is 2.96. The normalized spacial score (nSPS) is 10.6. The van der Waals surface area contributed by atoms with E-state index in [1.807, 2.05) is 0 Å². The summed E-state index contributed by atoms with van der Waals surface area (Å²) in [5, 5.41) is 1.07. The molecule has 1 N–H and O–H groups in total. The highest BCUT2D eigenvalue weighted by Gasteiger charge is 2.05. The molecule has 1 heterocycles. The number of H-pyrrole nitrogens is 1. The van der Waals surface area contributed by atoms with Gasteiger partial charge in [-0.2, -0.15) is 0 Å². The number of halogens is 2. The Morgan fingerprint density at radius 2 is 2.00 bits per heavy atom. The fourth-order valence-corrected chi connectivity index (χ4v) is 1.68. The van der Waals surface area contributed by atoms with Gasteiger partial charge in [0.2, 0.25) is 0 Å². The minimum Gasteiger partial charge on any atom is -0.329 e. The van der Waals surface area contributed by atoms with Gasteiger partial charge in [0.05, 0.1) is 4.47 Å². The van der Waals surface area contributed by atoms with E-state index in [0.717, 1.165) is 0 Å². The number of fused-ring (bicyclic) bond motifs is 1. The Hall–Kier alpha value is -1.16. The fourth-order valence-electron chi connectivity index (χ4n) is 1.21. The van der Waals surface area contributed by atoms with Gasteiger partial charge >= 0.3 is 0 Å². The molecule has 4 heteroatoms. The molecule has 2 rings (SSSR count). The van der Waals surface area contributed by atoms with Crippen LogP contribution in [0, 0.1) is 5.82 Å². The van der Waals surface area contributed by atoms with Crippen molar-refractivity contribution in [2.24, 2.45) is 0 Å². The second-order valence-electron chi connectivity index (χ2n) is 2.63. The SMILES string of the molecule is O=c1[nH]ccc2c(Br)c(F)ccc12. The largest absolute Gasteiger partial charge is 0.329 e. The summed E-state index contributed by atoms with van der Waals surface area (Å²) < 4.78 is 13.4. The van der Waals surface area contributed by atoms with Crippen LogP contribution in [0.15, 0.2) is 33.7 Å². The molecule has 0 saturated carbocycles. The Balaban J connectivity index is 3.03. The fraction of sp³-hybridized carbons (Fsp3) is 0. The predicted octanol–water partition coefficient (Wildman–Crippen LogP) is 2.43. The topological polar surface area (TPSA) is 32.9 Å². The summed E-state index contributed by atoms with van der Waals surface area (Å²) in [7, 11) is 0. The molecule has 1 aromatic heterocycles. The lowest BCUT2D eigenvalue weighted by molar-refractivity contribution is 0.623. The predicted molar refractivity (Wildman–Crippen MR) is 52.2 cm³/mol. The Labute approximate surface area is 81.5 Å². The molecular weight excluding hydrogens is 237 g/mol. The average Bonchev–Trinajstić information content (AvgIpc) is 2.12. The molecule has 0 fully saturated rings. The van der Waals surface area contributed by atoms with E-state index in [-0.39, 0.29) is 11.4 Å². The number of benzene rings is 1. The van der Waals surface area contributed by atoms with Crippen LogP contribution in [0.3, 0.4) is 0 Å².